The molecule has 0 aromatic rings. The van der Waals surface area contributed by atoms with Gasteiger partial charge in [0.1, 0.15) is 4.66 Å². The molecule has 0 aliphatic carbocycles. The molecule has 0 fully saturated rings. The summed E-state index contributed by atoms with van der Waals surface area (Å²) in [5.74, 6) is -0.274. The maximum Gasteiger partial charge on any atom is 0.223 e. The minimum atomic E-state index is -3.20. The molecule has 12 heavy (non-hydrogen) atoms. The van der Waals surface area contributed by atoms with E-state index in [1.165, 1.54) is 11.4 Å². The highest BCUT2D eigenvalue weighted by Gasteiger charge is 2.17. The predicted molar refractivity (Wildman–Crippen MR) is 50.1 cm³/mol. The van der Waals surface area contributed by atoms with Crippen LogP contribution in [0.2, 0.25) is 0 Å². The van der Waals surface area contributed by atoms with E-state index in [4.69, 9.17) is 5.26 Å². The van der Waals surface area contributed by atoms with Crippen molar-refractivity contribution in [2.45, 2.75) is 6.92 Å². The smallest absolute Gasteiger partial charge is 0.211 e. The minimum Gasteiger partial charge on any atom is -0.211 e. The van der Waals surface area contributed by atoms with Crippen molar-refractivity contribution in [1.82, 2.24) is 4.31 Å². The summed E-state index contributed by atoms with van der Waals surface area (Å²) in [6.45, 7) is 1.92. The molecule has 0 saturated heterocycles. The highest BCUT2D eigenvalue weighted by molar-refractivity contribution is 9.10. The van der Waals surface area contributed by atoms with Crippen LogP contribution in [0, 0.1) is 17.2 Å². The first-order chi connectivity index (χ1) is 5.44. The summed E-state index contributed by atoms with van der Waals surface area (Å²) >= 11 is 2.87. The molecule has 0 spiro atoms. The molecule has 4 nitrogen and oxygen atoms in total. The lowest BCUT2D eigenvalue weighted by atomic mass is 10.2. The Morgan fingerprint density at radius 2 is 2.17 bits per heavy atom. The standard InChI is InChI=1S/C6H11BrN2O2S/c1-6(3-8)4-9(2)12(10,11)5-7/h6H,4-5H2,1-2H3. The Balaban J connectivity index is 4.25. The minimum absolute atomic E-state index is 0.103. The summed E-state index contributed by atoms with van der Waals surface area (Å²) in [7, 11) is -1.74. The van der Waals surface area contributed by atoms with E-state index in [9.17, 15) is 8.42 Å². The molecular formula is C6H11BrN2O2S. The summed E-state index contributed by atoms with van der Waals surface area (Å²) in [5, 5.41) is 8.44. The molecule has 0 aliphatic rings. The van der Waals surface area contributed by atoms with Crippen molar-refractivity contribution >= 4 is 26.0 Å². The third-order valence-electron chi connectivity index (χ3n) is 1.36. The van der Waals surface area contributed by atoms with Gasteiger partial charge in [0.15, 0.2) is 0 Å². The van der Waals surface area contributed by atoms with Crippen LogP contribution in [-0.4, -0.2) is 31.0 Å². The Morgan fingerprint density at radius 1 is 1.67 bits per heavy atom. The van der Waals surface area contributed by atoms with Gasteiger partial charge in [-0.25, -0.2) is 12.7 Å². The second kappa shape index (κ2) is 4.80. The number of rotatable bonds is 4. The fraction of sp³-hybridized carbons (Fsp3) is 0.833. The van der Waals surface area contributed by atoms with Crippen LogP contribution in [0.3, 0.4) is 0 Å². The molecule has 0 aliphatic heterocycles. The Labute approximate surface area is 81.3 Å². The molecule has 70 valence electrons. The molecule has 6 heteroatoms. The van der Waals surface area contributed by atoms with Gasteiger partial charge in [0.2, 0.25) is 10.0 Å². The fourth-order valence-electron chi connectivity index (χ4n) is 0.623. The number of halogens is 1. The van der Waals surface area contributed by atoms with Crippen molar-refractivity contribution in [1.29, 1.82) is 5.26 Å². The Kier molecular flexibility index (Phi) is 4.75. The molecule has 0 aromatic carbocycles. The topological polar surface area (TPSA) is 61.2 Å². The van der Waals surface area contributed by atoms with E-state index in [1.54, 1.807) is 6.92 Å². The molecule has 0 radical (unpaired) electrons. The summed E-state index contributed by atoms with van der Waals surface area (Å²) in [5.41, 5.74) is 0. The van der Waals surface area contributed by atoms with Gasteiger partial charge in [0, 0.05) is 13.6 Å². The van der Waals surface area contributed by atoms with E-state index in [1.807, 2.05) is 6.07 Å². The van der Waals surface area contributed by atoms with Gasteiger partial charge in [-0.2, -0.15) is 5.26 Å². The summed E-state index contributed by atoms with van der Waals surface area (Å²) in [6, 6.07) is 1.97. The number of nitriles is 1. The number of hydrogen-bond acceptors (Lipinski definition) is 3. The van der Waals surface area contributed by atoms with E-state index in [-0.39, 0.29) is 17.1 Å². The fourth-order valence-corrected chi connectivity index (χ4v) is 2.29. The molecule has 0 bridgehead atoms. The molecule has 0 aromatic heterocycles. The van der Waals surface area contributed by atoms with Gasteiger partial charge >= 0.3 is 0 Å². The van der Waals surface area contributed by atoms with Crippen LogP contribution in [-0.2, 0) is 10.0 Å². The number of alkyl halides is 1. The molecule has 0 N–H and O–H groups in total. The van der Waals surface area contributed by atoms with E-state index >= 15 is 0 Å². The highest BCUT2D eigenvalue weighted by atomic mass is 79.9. The van der Waals surface area contributed by atoms with Crippen molar-refractivity contribution in [2.75, 3.05) is 18.3 Å². The first kappa shape index (κ1) is 11.9. The van der Waals surface area contributed by atoms with Crippen LogP contribution in [0.15, 0.2) is 0 Å². The van der Waals surface area contributed by atoms with Crippen LogP contribution >= 0.6 is 15.9 Å². The maximum absolute atomic E-state index is 11.1. The molecule has 1 atom stereocenters. The lowest BCUT2D eigenvalue weighted by Crippen LogP contribution is -2.31. The monoisotopic (exact) mass is 254 g/mol. The summed E-state index contributed by atoms with van der Waals surface area (Å²) in [4.78, 5) is 0. The van der Waals surface area contributed by atoms with E-state index in [2.05, 4.69) is 15.9 Å². The number of nitrogens with zero attached hydrogens (tertiary/aromatic N) is 2. The maximum atomic E-state index is 11.1. The van der Waals surface area contributed by atoms with E-state index in [0.717, 1.165) is 0 Å². The first-order valence-corrected chi connectivity index (χ1v) is 6.06. The number of hydrogen-bond donors (Lipinski definition) is 0. The molecule has 0 saturated carbocycles. The van der Waals surface area contributed by atoms with Gasteiger partial charge in [-0.15, -0.1) is 0 Å². The summed E-state index contributed by atoms with van der Waals surface area (Å²) < 4.78 is 23.3. The van der Waals surface area contributed by atoms with Crippen LogP contribution in [0.5, 0.6) is 0 Å². The number of sulfonamides is 1. The normalized spacial score (nSPS) is 14.2. The van der Waals surface area contributed by atoms with Crippen molar-refractivity contribution < 1.29 is 8.42 Å². The second-order valence-electron chi connectivity index (χ2n) is 2.53. The zero-order chi connectivity index (χ0) is 9.78. The third kappa shape index (κ3) is 3.52. The first-order valence-electron chi connectivity index (χ1n) is 3.33. The molecular weight excluding hydrogens is 244 g/mol. The van der Waals surface area contributed by atoms with E-state index < -0.39 is 10.0 Å². The van der Waals surface area contributed by atoms with Crippen LogP contribution in [0.1, 0.15) is 6.92 Å². The van der Waals surface area contributed by atoms with Gasteiger partial charge in [0.25, 0.3) is 0 Å². The van der Waals surface area contributed by atoms with Crippen LogP contribution in [0.4, 0.5) is 0 Å². The average Bonchev–Trinajstić information content (AvgIpc) is 2.04. The predicted octanol–water partition coefficient (Wildman–Crippen LogP) is 0.760. The van der Waals surface area contributed by atoms with Gasteiger partial charge < -0.3 is 0 Å². The van der Waals surface area contributed by atoms with Crippen molar-refractivity contribution in [3.63, 3.8) is 0 Å². The lowest BCUT2D eigenvalue weighted by molar-refractivity contribution is 0.442. The van der Waals surface area contributed by atoms with E-state index in [0.29, 0.717) is 0 Å². The molecule has 1 unspecified atom stereocenters. The van der Waals surface area contributed by atoms with Crippen molar-refractivity contribution in [2.24, 2.45) is 5.92 Å². The molecule has 0 heterocycles. The Morgan fingerprint density at radius 3 is 2.50 bits per heavy atom. The van der Waals surface area contributed by atoms with Crippen LogP contribution in [0.25, 0.3) is 0 Å². The largest absolute Gasteiger partial charge is 0.223 e. The Hall–Kier alpha value is -0.120. The summed E-state index contributed by atoms with van der Waals surface area (Å²) in [6.07, 6.45) is 0. The van der Waals surface area contributed by atoms with Gasteiger partial charge in [0.05, 0.1) is 12.0 Å². The Bertz CT molecular complexity index is 270. The highest BCUT2D eigenvalue weighted by Crippen LogP contribution is 2.05. The quantitative estimate of drug-likeness (QED) is 0.697. The average molecular weight is 255 g/mol. The zero-order valence-electron chi connectivity index (χ0n) is 6.99. The second-order valence-corrected chi connectivity index (χ2v) is 5.91. The van der Waals surface area contributed by atoms with Gasteiger partial charge in [-0.3, -0.25) is 0 Å². The molecule has 0 amide bonds. The van der Waals surface area contributed by atoms with Crippen molar-refractivity contribution in [3.8, 4) is 6.07 Å². The zero-order valence-corrected chi connectivity index (χ0v) is 9.39. The lowest BCUT2D eigenvalue weighted by Gasteiger charge is -2.15. The van der Waals surface area contributed by atoms with Crippen LogP contribution < -0.4 is 0 Å². The molecule has 0 rings (SSSR count). The third-order valence-corrected chi connectivity index (χ3v) is 4.47. The SMILES string of the molecule is CC(C#N)CN(C)S(=O)(=O)CBr. The van der Waals surface area contributed by atoms with Gasteiger partial charge in [-0.05, 0) is 6.92 Å². The van der Waals surface area contributed by atoms with Gasteiger partial charge in [-0.1, -0.05) is 15.9 Å². The van der Waals surface area contributed by atoms with Crippen molar-refractivity contribution in [3.05, 3.63) is 0 Å².